The first kappa shape index (κ1) is 14.1. The molecule has 8 nitrogen and oxygen atoms in total. The zero-order valence-electron chi connectivity index (χ0n) is 10.9. The van der Waals surface area contributed by atoms with E-state index in [4.69, 9.17) is 14.0 Å². The van der Waals surface area contributed by atoms with Gasteiger partial charge in [0.15, 0.2) is 5.82 Å². The Bertz CT molecular complexity index is 771. The molecule has 0 unspecified atom stereocenters. The van der Waals surface area contributed by atoms with E-state index in [9.17, 15) is 13.2 Å². The number of carboxylic acid groups (broad SMARTS) is 1. The van der Waals surface area contributed by atoms with Crippen molar-refractivity contribution in [1.82, 2.24) is 5.16 Å². The van der Waals surface area contributed by atoms with E-state index in [1.165, 1.54) is 19.9 Å². The summed E-state index contributed by atoms with van der Waals surface area (Å²) in [5.74, 6) is -0.978. The van der Waals surface area contributed by atoms with Gasteiger partial charge in [-0.25, -0.2) is 13.2 Å². The Morgan fingerprint density at radius 1 is 1.30 bits per heavy atom. The lowest BCUT2D eigenvalue weighted by molar-refractivity contribution is 0.0691. The molecule has 0 aliphatic heterocycles. The Labute approximate surface area is 114 Å². The van der Waals surface area contributed by atoms with Crippen LogP contribution in [0.3, 0.4) is 0 Å². The fraction of sp³-hybridized carbons (Fsp3) is 0.273. The summed E-state index contributed by atoms with van der Waals surface area (Å²) in [5, 5.41) is 12.6. The van der Waals surface area contributed by atoms with Gasteiger partial charge in [0.1, 0.15) is 27.7 Å². The van der Waals surface area contributed by atoms with Crippen LogP contribution in [0, 0.1) is 20.8 Å². The first-order valence-electron chi connectivity index (χ1n) is 5.52. The molecular weight excluding hydrogens is 288 g/mol. The zero-order chi connectivity index (χ0) is 15.1. The smallest absolute Gasteiger partial charge is 0.340 e. The summed E-state index contributed by atoms with van der Waals surface area (Å²) in [7, 11) is -4.13. The Morgan fingerprint density at radius 3 is 2.45 bits per heavy atom. The van der Waals surface area contributed by atoms with Gasteiger partial charge in [-0.1, -0.05) is 5.16 Å². The second-order valence-corrected chi connectivity index (χ2v) is 5.77. The van der Waals surface area contributed by atoms with Crippen molar-refractivity contribution in [2.24, 2.45) is 0 Å². The second-order valence-electron chi connectivity index (χ2n) is 4.15. The van der Waals surface area contributed by atoms with Crippen LogP contribution in [0.1, 0.15) is 27.6 Å². The molecule has 0 saturated heterocycles. The molecule has 2 N–H and O–H groups in total. The van der Waals surface area contributed by atoms with Gasteiger partial charge in [-0.15, -0.1) is 0 Å². The summed E-state index contributed by atoms with van der Waals surface area (Å²) < 4.78 is 36.5. The minimum Gasteiger partial charge on any atom is -0.478 e. The van der Waals surface area contributed by atoms with Crippen molar-refractivity contribution in [2.45, 2.75) is 25.7 Å². The number of hydrogen-bond acceptors (Lipinski definition) is 6. The molecule has 0 spiro atoms. The largest absolute Gasteiger partial charge is 0.478 e. The van der Waals surface area contributed by atoms with Gasteiger partial charge in [0.2, 0.25) is 0 Å². The molecule has 2 aromatic heterocycles. The van der Waals surface area contributed by atoms with Crippen molar-refractivity contribution in [1.29, 1.82) is 0 Å². The fourth-order valence-corrected chi connectivity index (χ4v) is 3.23. The first-order chi connectivity index (χ1) is 9.22. The number of carboxylic acids is 1. The van der Waals surface area contributed by atoms with Crippen molar-refractivity contribution in [2.75, 3.05) is 4.72 Å². The molecule has 2 aromatic rings. The SMILES string of the molecule is Cc1cc(NS(=O)(=O)c2c(C)oc(C)c2C(=O)O)no1. The number of aromatic carboxylic acids is 1. The van der Waals surface area contributed by atoms with Crippen molar-refractivity contribution in [3.05, 3.63) is 28.9 Å². The van der Waals surface area contributed by atoms with Crippen LogP contribution in [0.4, 0.5) is 5.82 Å². The molecule has 0 saturated carbocycles. The van der Waals surface area contributed by atoms with Crippen molar-refractivity contribution < 1.29 is 27.3 Å². The van der Waals surface area contributed by atoms with E-state index in [1.54, 1.807) is 6.92 Å². The van der Waals surface area contributed by atoms with Crippen LogP contribution in [-0.2, 0) is 10.0 Å². The number of carbonyl (C=O) groups is 1. The molecule has 2 rings (SSSR count). The summed E-state index contributed by atoms with van der Waals surface area (Å²) >= 11 is 0. The van der Waals surface area contributed by atoms with Crippen LogP contribution in [0.15, 0.2) is 19.9 Å². The first-order valence-corrected chi connectivity index (χ1v) is 7.00. The van der Waals surface area contributed by atoms with Crippen LogP contribution in [0.2, 0.25) is 0 Å². The van der Waals surface area contributed by atoms with Crippen molar-refractivity contribution in [3.63, 3.8) is 0 Å². The van der Waals surface area contributed by atoms with E-state index in [0.29, 0.717) is 5.76 Å². The molecule has 0 amide bonds. The van der Waals surface area contributed by atoms with Gasteiger partial charge in [0.25, 0.3) is 10.0 Å². The summed E-state index contributed by atoms with van der Waals surface area (Å²) in [6, 6.07) is 1.38. The Morgan fingerprint density at radius 2 is 1.95 bits per heavy atom. The predicted octanol–water partition coefficient (Wildman–Crippen LogP) is 1.69. The topological polar surface area (TPSA) is 123 Å². The van der Waals surface area contributed by atoms with E-state index in [-0.39, 0.29) is 17.3 Å². The lowest BCUT2D eigenvalue weighted by Gasteiger charge is -2.04. The van der Waals surface area contributed by atoms with E-state index < -0.39 is 26.5 Å². The van der Waals surface area contributed by atoms with Crippen LogP contribution in [0.25, 0.3) is 0 Å². The normalized spacial score (nSPS) is 11.6. The molecule has 0 aromatic carbocycles. The predicted molar refractivity (Wildman–Crippen MR) is 67.2 cm³/mol. The number of aromatic nitrogens is 1. The van der Waals surface area contributed by atoms with E-state index in [2.05, 4.69) is 9.88 Å². The maximum atomic E-state index is 12.3. The highest BCUT2D eigenvalue weighted by Crippen LogP contribution is 2.28. The van der Waals surface area contributed by atoms with Crippen LogP contribution < -0.4 is 4.72 Å². The number of sulfonamides is 1. The standard InChI is InChI=1S/C11H12N2O6S/c1-5-4-8(12-19-5)13-20(16,17)10-7(3)18-6(2)9(10)11(14)15/h4H,1-3H3,(H,12,13)(H,14,15). The summed E-state index contributed by atoms with van der Waals surface area (Å²) in [6.45, 7) is 4.36. The summed E-state index contributed by atoms with van der Waals surface area (Å²) in [5.41, 5.74) is -0.393. The van der Waals surface area contributed by atoms with Crippen LogP contribution in [0.5, 0.6) is 0 Å². The Kier molecular flexibility index (Phi) is 3.30. The van der Waals surface area contributed by atoms with Gasteiger partial charge in [0, 0.05) is 6.07 Å². The highest BCUT2D eigenvalue weighted by Gasteiger charge is 2.31. The molecule has 0 bridgehead atoms. The number of anilines is 1. The average Bonchev–Trinajstić information content (AvgIpc) is 2.81. The lowest BCUT2D eigenvalue weighted by atomic mass is 10.2. The molecule has 9 heteroatoms. The van der Waals surface area contributed by atoms with Gasteiger partial charge in [-0.2, -0.15) is 0 Å². The van der Waals surface area contributed by atoms with Gasteiger partial charge in [0.05, 0.1) is 0 Å². The maximum Gasteiger partial charge on any atom is 0.340 e. The summed E-state index contributed by atoms with van der Waals surface area (Å²) in [6.07, 6.45) is 0. The van der Waals surface area contributed by atoms with E-state index in [0.717, 1.165) is 0 Å². The molecule has 0 atom stereocenters. The minimum absolute atomic E-state index is 0.00684. The summed E-state index contributed by atoms with van der Waals surface area (Å²) in [4.78, 5) is 10.8. The van der Waals surface area contributed by atoms with Gasteiger partial charge < -0.3 is 14.0 Å². The zero-order valence-corrected chi connectivity index (χ0v) is 11.7. The highest BCUT2D eigenvalue weighted by atomic mass is 32.2. The molecule has 2 heterocycles. The van der Waals surface area contributed by atoms with Crippen LogP contribution >= 0.6 is 0 Å². The monoisotopic (exact) mass is 300 g/mol. The maximum absolute atomic E-state index is 12.3. The third kappa shape index (κ3) is 2.39. The van der Waals surface area contributed by atoms with Crippen LogP contribution in [-0.4, -0.2) is 24.7 Å². The minimum atomic E-state index is -4.13. The molecule has 0 fully saturated rings. The molecular formula is C11H12N2O6S. The highest BCUT2D eigenvalue weighted by molar-refractivity contribution is 7.92. The number of rotatable bonds is 4. The lowest BCUT2D eigenvalue weighted by Crippen LogP contribution is -2.17. The second kappa shape index (κ2) is 4.67. The average molecular weight is 300 g/mol. The molecule has 20 heavy (non-hydrogen) atoms. The Hall–Kier alpha value is -2.29. The number of aryl methyl sites for hydroxylation is 3. The number of nitrogens with one attached hydrogen (secondary N) is 1. The third-order valence-corrected chi connectivity index (χ3v) is 4.06. The molecule has 108 valence electrons. The van der Waals surface area contributed by atoms with Gasteiger partial charge >= 0.3 is 5.97 Å². The van der Waals surface area contributed by atoms with Crippen molar-refractivity contribution >= 4 is 21.8 Å². The van der Waals surface area contributed by atoms with Gasteiger partial charge in [-0.05, 0) is 20.8 Å². The van der Waals surface area contributed by atoms with Gasteiger partial charge in [-0.3, -0.25) is 4.72 Å². The molecule has 0 radical (unpaired) electrons. The van der Waals surface area contributed by atoms with Crippen molar-refractivity contribution in [3.8, 4) is 0 Å². The molecule has 0 aliphatic carbocycles. The van der Waals surface area contributed by atoms with E-state index >= 15 is 0 Å². The quantitative estimate of drug-likeness (QED) is 0.880. The molecule has 0 aliphatic rings. The third-order valence-electron chi connectivity index (χ3n) is 2.55. The number of furan rings is 1. The Balaban J connectivity index is 2.52. The number of nitrogens with zero attached hydrogens (tertiary/aromatic N) is 1. The number of hydrogen-bond donors (Lipinski definition) is 2. The fourth-order valence-electron chi connectivity index (χ4n) is 1.84. The van der Waals surface area contributed by atoms with E-state index in [1.807, 2.05) is 0 Å².